The fourth-order valence-corrected chi connectivity index (χ4v) is 2.91. The number of ketones is 1. The number of nitrogens with zero attached hydrogens (tertiary/aromatic N) is 1. The molecule has 0 aliphatic carbocycles. The van der Waals surface area contributed by atoms with Crippen molar-refractivity contribution in [2.75, 3.05) is 6.61 Å². The molecule has 0 saturated carbocycles. The Morgan fingerprint density at radius 2 is 1.85 bits per heavy atom. The van der Waals surface area contributed by atoms with Crippen LogP contribution in [0.1, 0.15) is 69.9 Å². The van der Waals surface area contributed by atoms with Crippen molar-refractivity contribution >= 4 is 17.8 Å². The van der Waals surface area contributed by atoms with Gasteiger partial charge in [-0.2, -0.15) is 5.26 Å². The molecule has 1 aromatic heterocycles. The third-order valence-electron chi connectivity index (χ3n) is 4.42. The van der Waals surface area contributed by atoms with Crippen molar-refractivity contribution in [3.8, 4) is 6.07 Å². The molecule has 0 unspecified atom stereocenters. The molecule has 2 rings (SSSR count). The van der Waals surface area contributed by atoms with Gasteiger partial charge >= 0.3 is 5.97 Å². The lowest BCUT2D eigenvalue weighted by Crippen LogP contribution is -2.08. The number of aromatic amines is 1. The van der Waals surface area contributed by atoms with E-state index in [0.717, 1.165) is 5.56 Å². The molecule has 0 radical (unpaired) electrons. The van der Waals surface area contributed by atoms with Gasteiger partial charge < -0.3 is 9.72 Å². The SMILES string of the molecule is CCOC(=O)c1c(C)[nH]c(C(=O)/C(C#N)=C\c2ccc(C(C)C)cc2)c1C. The zero-order valence-corrected chi connectivity index (χ0v) is 16.3. The van der Waals surface area contributed by atoms with Crippen LogP contribution in [0.2, 0.25) is 0 Å². The third-order valence-corrected chi connectivity index (χ3v) is 4.42. The van der Waals surface area contributed by atoms with Crippen LogP contribution in [0.25, 0.3) is 6.08 Å². The average molecular weight is 364 g/mol. The number of Topliss-reactive ketones (excluding diaryl/α,β-unsaturated/α-hetero) is 1. The van der Waals surface area contributed by atoms with Crippen LogP contribution in [0.5, 0.6) is 0 Å². The van der Waals surface area contributed by atoms with Crippen LogP contribution in [-0.2, 0) is 4.74 Å². The van der Waals surface area contributed by atoms with Crippen LogP contribution in [0, 0.1) is 25.2 Å². The Morgan fingerprint density at radius 1 is 1.22 bits per heavy atom. The van der Waals surface area contributed by atoms with E-state index >= 15 is 0 Å². The Morgan fingerprint density at radius 3 is 2.37 bits per heavy atom. The summed E-state index contributed by atoms with van der Waals surface area (Å²) >= 11 is 0. The van der Waals surface area contributed by atoms with Crippen LogP contribution in [0.15, 0.2) is 29.8 Å². The summed E-state index contributed by atoms with van der Waals surface area (Å²) in [5.41, 5.74) is 3.59. The van der Waals surface area contributed by atoms with Gasteiger partial charge in [0.15, 0.2) is 0 Å². The number of carbonyl (C=O) groups is 2. The second-order valence-electron chi connectivity index (χ2n) is 6.67. The van der Waals surface area contributed by atoms with Gasteiger partial charge in [0, 0.05) is 5.69 Å². The van der Waals surface area contributed by atoms with Crippen molar-refractivity contribution in [2.24, 2.45) is 0 Å². The van der Waals surface area contributed by atoms with Gasteiger partial charge in [0.25, 0.3) is 0 Å². The fraction of sp³-hybridized carbons (Fsp3) is 0.318. The number of allylic oxidation sites excluding steroid dienone is 1. The van der Waals surface area contributed by atoms with Gasteiger partial charge in [0.1, 0.15) is 11.6 Å². The number of nitrogens with one attached hydrogen (secondary N) is 1. The summed E-state index contributed by atoms with van der Waals surface area (Å²) in [6, 6.07) is 9.71. The molecule has 0 aliphatic heterocycles. The molecular formula is C22H24N2O3. The zero-order chi connectivity index (χ0) is 20.1. The van der Waals surface area contributed by atoms with Gasteiger partial charge in [-0.3, -0.25) is 4.79 Å². The number of carbonyl (C=O) groups excluding carboxylic acids is 2. The Labute approximate surface area is 159 Å². The van der Waals surface area contributed by atoms with Gasteiger partial charge in [-0.15, -0.1) is 0 Å². The van der Waals surface area contributed by atoms with Gasteiger partial charge in [0.2, 0.25) is 5.78 Å². The highest BCUT2D eigenvalue weighted by atomic mass is 16.5. The van der Waals surface area contributed by atoms with Crippen LogP contribution < -0.4 is 0 Å². The van der Waals surface area contributed by atoms with E-state index in [-0.39, 0.29) is 17.9 Å². The van der Waals surface area contributed by atoms with Gasteiger partial charge in [0.05, 0.1) is 17.9 Å². The number of hydrogen-bond donors (Lipinski definition) is 1. The molecule has 0 atom stereocenters. The largest absolute Gasteiger partial charge is 0.462 e. The number of rotatable bonds is 6. The quantitative estimate of drug-likeness (QED) is 0.348. The van der Waals surface area contributed by atoms with Crippen molar-refractivity contribution in [1.82, 2.24) is 4.98 Å². The maximum Gasteiger partial charge on any atom is 0.340 e. The summed E-state index contributed by atoms with van der Waals surface area (Å²) in [5, 5.41) is 9.48. The predicted octanol–water partition coefficient (Wildman–Crippen LogP) is 4.72. The second-order valence-corrected chi connectivity index (χ2v) is 6.67. The number of nitriles is 1. The van der Waals surface area contributed by atoms with Crippen LogP contribution in [0.4, 0.5) is 0 Å². The van der Waals surface area contributed by atoms with Gasteiger partial charge in [-0.05, 0) is 49.5 Å². The van der Waals surface area contributed by atoms with Crippen LogP contribution in [-0.4, -0.2) is 23.3 Å². The number of hydrogen-bond acceptors (Lipinski definition) is 4. The molecule has 1 N–H and O–H groups in total. The highest BCUT2D eigenvalue weighted by molar-refractivity contribution is 6.15. The second kappa shape index (κ2) is 8.50. The van der Waals surface area contributed by atoms with E-state index in [1.165, 1.54) is 5.56 Å². The average Bonchev–Trinajstić information content (AvgIpc) is 2.94. The normalized spacial score (nSPS) is 11.4. The Bertz CT molecular complexity index is 926. The lowest BCUT2D eigenvalue weighted by atomic mass is 9.99. The summed E-state index contributed by atoms with van der Waals surface area (Å²) in [4.78, 5) is 27.9. The monoisotopic (exact) mass is 364 g/mol. The Balaban J connectivity index is 2.39. The molecule has 27 heavy (non-hydrogen) atoms. The van der Waals surface area contributed by atoms with E-state index in [4.69, 9.17) is 4.74 Å². The minimum atomic E-state index is -0.477. The minimum Gasteiger partial charge on any atom is -0.462 e. The Kier molecular flexibility index (Phi) is 6.36. The molecular weight excluding hydrogens is 340 g/mol. The molecule has 5 nitrogen and oxygen atoms in total. The summed E-state index contributed by atoms with van der Waals surface area (Å²) in [6.07, 6.45) is 1.56. The fourth-order valence-electron chi connectivity index (χ4n) is 2.91. The summed E-state index contributed by atoms with van der Waals surface area (Å²) < 4.78 is 5.05. The first-order valence-corrected chi connectivity index (χ1v) is 8.92. The van der Waals surface area contributed by atoms with Crippen molar-refractivity contribution in [3.63, 3.8) is 0 Å². The maximum atomic E-state index is 12.8. The molecule has 0 amide bonds. The maximum absolute atomic E-state index is 12.8. The molecule has 0 saturated heterocycles. The first-order chi connectivity index (χ1) is 12.8. The third kappa shape index (κ3) is 4.35. The first kappa shape index (κ1) is 20.2. The van der Waals surface area contributed by atoms with Crippen LogP contribution in [0.3, 0.4) is 0 Å². The van der Waals surface area contributed by atoms with Crippen molar-refractivity contribution < 1.29 is 14.3 Å². The highest BCUT2D eigenvalue weighted by Gasteiger charge is 2.24. The molecule has 0 aliphatic rings. The van der Waals surface area contributed by atoms with E-state index < -0.39 is 11.8 Å². The summed E-state index contributed by atoms with van der Waals surface area (Å²) in [7, 11) is 0. The lowest BCUT2D eigenvalue weighted by Gasteiger charge is -2.05. The van der Waals surface area contributed by atoms with Gasteiger partial charge in [-0.25, -0.2) is 4.79 Å². The zero-order valence-electron chi connectivity index (χ0n) is 16.3. The van der Waals surface area contributed by atoms with E-state index in [1.54, 1.807) is 26.8 Å². The molecule has 140 valence electrons. The molecule has 0 fully saturated rings. The summed E-state index contributed by atoms with van der Waals surface area (Å²) in [6.45, 7) is 9.56. The predicted molar refractivity (Wildman–Crippen MR) is 105 cm³/mol. The Hall–Kier alpha value is -3.13. The topological polar surface area (TPSA) is 83.0 Å². The van der Waals surface area contributed by atoms with Crippen LogP contribution >= 0.6 is 0 Å². The summed E-state index contributed by atoms with van der Waals surface area (Å²) in [5.74, 6) is -0.512. The van der Waals surface area contributed by atoms with Crippen molar-refractivity contribution in [3.05, 3.63) is 63.5 Å². The van der Waals surface area contributed by atoms with Crippen molar-refractivity contribution in [1.29, 1.82) is 5.26 Å². The number of H-pyrrole nitrogens is 1. The first-order valence-electron chi connectivity index (χ1n) is 8.92. The van der Waals surface area contributed by atoms with Crippen molar-refractivity contribution in [2.45, 2.75) is 40.5 Å². The lowest BCUT2D eigenvalue weighted by molar-refractivity contribution is 0.0525. The standard InChI is InChI=1S/C22H24N2O3/c1-6-27-22(26)19-14(4)20(24-15(19)5)21(25)18(12-23)11-16-7-9-17(10-8-16)13(2)3/h7-11,13,24H,6H2,1-5H3/b18-11-. The van der Waals surface area contributed by atoms with E-state index in [9.17, 15) is 14.9 Å². The van der Waals surface area contributed by atoms with E-state index in [2.05, 4.69) is 18.8 Å². The molecule has 0 spiro atoms. The smallest absolute Gasteiger partial charge is 0.340 e. The molecule has 1 aromatic carbocycles. The molecule has 1 heterocycles. The van der Waals surface area contributed by atoms with Gasteiger partial charge in [-0.1, -0.05) is 38.1 Å². The number of esters is 1. The highest BCUT2D eigenvalue weighted by Crippen LogP contribution is 2.23. The minimum absolute atomic E-state index is 0.00653. The van der Waals surface area contributed by atoms with E-state index in [0.29, 0.717) is 22.7 Å². The number of ether oxygens (including phenoxy) is 1. The number of aryl methyl sites for hydroxylation is 1. The molecule has 2 aromatic rings. The number of aromatic nitrogens is 1. The number of benzene rings is 1. The molecule has 0 bridgehead atoms. The van der Waals surface area contributed by atoms with E-state index in [1.807, 2.05) is 30.3 Å². The molecule has 5 heteroatoms.